The predicted molar refractivity (Wildman–Crippen MR) is 78.0 cm³/mol. The highest BCUT2D eigenvalue weighted by Gasteiger charge is 2.12. The zero-order valence-corrected chi connectivity index (χ0v) is 11.6. The normalized spacial score (nSPS) is 11.2. The average molecular weight is 307 g/mol. The summed E-state index contributed by atoms with van der Waals surface area (Å²) < 4.78 is 26.6. The van der Waals surface area contributed by atoms with Crippen LogP contribution in [0.15, 0.2) is 42.7 Å². The molecule has 0 aliphatic carbocycles. The van der Waals surface area contributed by atoms with Crippen molar-refractivity contribution >= 4 is 33.0 Å². The van der Waals surface area contributed by atoms with Gasteiger partial charge in [0.15, 0.2) is 0 Å². The molecular weight excluding hydrogens is 296 g/mol. The summed E-state index contributed by atoms with van der Waals surface area (Å²) in [6, 6.07) is 9.50. The molecule has 3 aromatic rings. The van der Waals surface area contributed by atoms with E-state index in [-0.39, 0.29) is 5.91 Å². The number of nitrogens with zero attached hydrogens (tertiary/aromatic N) is 2. The number of rotatable bonds is 4. The molecule has 4 nitrogen and oxygen atoms in total. The fraction of sp³-hybridized carbons (Fsp3) is 0.143. The molecule has 1 amide bonds. The molecule has 0 aliphatic heterocycles. The Morgan fingerprint density at radius 2 is 2.19 bits per heavy atom. The van der Waals surface area contributed by atoms with Crippen LogP contribution in [0.1, 0.15) is 9.67 Å². The second kappa shape index (κ2) is 5.61. The van der Waals surface area contributed by atoms with Gasteiger partial charge >= 0.3 is 0 Å². The van der Waals surface area contributed by atoms with Gasteiger partial charge < -0.3 is 5.32 Å². The molecule has 7 heteroatoms. The van der Waals surface area contributed by atoms with Gasteiger partial charge in [0.05, 0.1) is 16.8 Å². The van der Waals surface area contributed by atoms with Crippen LogP contribution in [0, 0.1) is 0 Å². The standard InChI is InChI=1S/C14H11F2N3OS/c15-13(16)8-19-7-10(6-17-19)18-14(20)12-5-9-3-1-2-4-11(9)21-12/h1-7,13H,8H2,(H,18,20). The lowest BCUT2D eigenvalue weighted by molar-refractivity contribution is 0.103. The van der Waals surface area contributed by atoms with Gasteiger partial charge in [0.2, 0.25) is 0 Å². The van der Waals surface area contributed by atoms with Gasteiger partial charge in [-0.25, -0.2) is 8.78 Å². The van der Waals surface area contributed by atoms with Crippen LogP contribution in [0.5, 0.6) is 0 Å². The largest absolute Gasteiger partial charge is 0.319 e. The monoisotopic (exact) mass is 307 g/mol. The Morgan fingerprint density at radius 1 is 1.38 bits per heavy atom. The van der Waals surface area contributed by atoms with Gasteiger partial charge in [-0.3, -0.25) is 9.48 Å². The summed E-state index contributed by atoms with van der Waals surface area (Å²) in [7, 11) is 0. The lowest BCUT2D eigenvalue weighted by atomic mass is 10.2. The molecule has 1 N–H and O–H groups in total. The number of hydrogen-bond donors (Lipinski definition) is 1. The summed E-state index contributed by atoms with van der Waals surface area (Å²) in [5.74, 6) is -0.271. The molecule has 0 saturated carbocycles. The number of benzene rings is 1. The maximum Gasteiger partial charge on any atom is 0.265 e. The third-order valence-electron chi connectivity index (χ3n) is 2.87. The van der Waals surface area contributed by atoms with Crippen LogP contribution in [0.3, 0.4) is 0 Å². The van der Waals surface area contributed by atoms with Crippen LogP contribution < -0.4 is 5.32 Å². The van der Waals surface area contributed by atoms with E-state index in [1.54, 1.807) is 6.07 Å². The Hall–Kier alpha value is -2.28. The molecule has 0 aliphatic rings. The lowest BCUT2D eigenvalue weighted by Gasteiger charge is -2.00. The SMILES string of the molecule is O=C(Nc1cnn(CC(F)F)c1)c1cc2ccccc2s1. The Morgan fingerprint density at radius 3 is 2.95 bits per heavy atom. The summed E-state index contributed by atoms with van der Waals surface area (Å²) in [6.07, 6.45) is 0.265. The first-order valence-corrected chi connectivity index (χ1v) is 7.04. The van der Waals surface area contributed by atoms with Gasteiger partial charge in [0.25, 0.3) is 12.3 Å². The number of halogens is 2. The van der Waals surface area contributed by atoms with Crippen molar-refractivity contribution in [3.8, 4) is 0 Å². The summed E-state index contributed by atoms with van der Waals surface area (Å²) in [6.45, 7) is -0.487. The maximum absolute atomic E-state index is 12.2. The minimum atomic E-state index is -2.48. The third-order valence-corrected chi connectivity index (χ3v) is 3.98. The highest BCUT2D eigenvalue weighted by molar-refractivity contribution is 7.20. The molecule has 1 aromatic carbocycles. The van der Waals surface area contributed by atoms with Crippen molar-refractivity contribution in [2.24, 2.45) is 0 Å². The topological polar surface area (TPSA) is 46.9 Å². The highest BCUT2D eigenvalue weighted by Crippen LogP contribution is 2.25. The number of nitrogens with one attached hydrogen (secondary N) is 1. The highest BCUT2D eigenvalue weighted by atomic mass is 32.1. The zero-order chi connectivity index (χ0) is 14.8. The number of anilines is 1. The van der Waals surface area contributed by atoms with E-state index in [1.807, 2.05) is 24.3 Å². The van der Waals surface area contributed by atoms with E-state index in [0.717, 1.165) is 14.8 Å². The Labute approximate surface area is 123 Å². The van der Waals surface area contributed by atoms with Crippen LogP contribution in [-0.4, -0.2) is 22.1 Å². The van der Waals surface area contributed by atoms with Crippen molar-refractivity contribution in [1.29, 1.82) is 0 Å². The van der Waals surface area contributed by atoms with Gasteiger partial charge in [0, 0.05) is 10.9 Å². The van der Waals surface area contributed by atoms with Crippen molar-refractivity contribution in [3.05, 3.63) is 47.6 Å². The van der Waals surface area contributed by atoms with Crippen molar-refractivity contribution in [3.63, 3.8) is 0 Å². The van der Waals surface area contributed by atoms with Crippen LogP contribution in [-0.2, 0) is 6.54 Å². The molecule has 108 valence electrons. The van der Waals surface area contributed by atoms with Crippen molar-refractivity contribution in [2.75, 3.05) is 5.32 Å². The van der Waals surface area contributed by atoms with Gasteiger partial charge in [0.1, 0.15) is 6.54 Å². The van der Waals surface area contributed by atoms with E-state index in [9.17, 15) is 13.6 Å². The van der Waals surface area contributed by atoms with Crippen LogP contribution >= 0.6 is 11.3 Å². The van der Waals surface area contributed by atoms with Crippen LogP contribution in [0.2, 0.25) is 0 Å². The average Bonchev–Trinajstić information content (AvgIpc) is 3.04. The first kappa shape index (κ1) is 13.7. The molecule has 0 unspecified atom stereocenters. The van der Waals surface area contributed by atoms with E-state index in [2.05, 4.69) is 10.4 Å². The molecule has 0 fully saturated rings. The second-order valence-corrected chi connectivity index (χ2v) is 5.53. The number of thiophene rings is 1. The van der Waals surface area contributed by atoms with Gasteiger partial charge in [-0.05, 0) is 17.5 Å². The molecule has 2 heterocycles. The number of amides is 1. The molecule has 0 bridgehead atoms. The third kappa shape index (κ3) is 3.08. The number of hydrogen-bond acceptors (Lipinski definition) is 3. The number of carbonyl (C=O) groups is 1. The maximum atomic E-state index is 12.2. The predicted octanol–water partition coefficient (Wildman–Crippen LogP) is 3.62. The lowest BCUT2D eigenvalue weighted by Crippen LogP contribution is -2.10. The molecular formula is C14H11F2N3OS. The van der Waals surface area contributed by atoms with Crippen molar-refractivity contribution < 1.29 is 13.6 Å². The fourth-order valence-corrected chi connectivity index (χ4v) is 2.91. The first-order valence-electron chi connectivity index (χ1n) is 6.22. The Kier molecular flexibility index (Phi) is 3.66. The summed E-state index contributed by atoms with van der Waals surface area (Å²) in [5, 5.41) is 7.43. The van der Waals surface area contributed by atoms with Gasteiger partial charge in [-0.15, -0.1) is 11.3 Å². The number of fused-ring (bicyclic) bond motifs is 1. The van der Waals surface area contributed by atoms with Gasteiger partial charge in [-0.1, -0.05) is 18.2 Å². The van der Waals surface area contributed by atoms with Crippen LogP contribution in [0.25, 0.3) is 10.1 Å². The Balaban J connectivity index is 1.75. The number of aromatic nitrogens is 2. The van der Waals surface area contributed by atoms with E-state index < -0.39 is 13.0 Å². The van der Waals surface area contributed by atoms with Crippen molar-refractivity contribution in [2.45, 2.75) is 13.0 Å². The summed E-state index contributed by atoms with van der Waals surface area (Å²) in [4.78, 5) is 12.7. The second-order valence-electron chi connectivity index (χ2n) is 4.44. The molecule has 2 aromatic heterocycles. The van der Waals surface area contributed by atoms with E-state index >= 15 is 0 Å². The molecule has 0 saturated heterocycles. The minimum absolute atomic E-state index is 0.271. The minimum Gasteiger partial charge on any atom is -0.319 e. The summed E-state index contributed by atoms with van der Waals surface area (Å²) in [5.41, 5.74) is 0.401. The van der Waals surface area contributed by atoms with E-state index in [0.29, 0.717) is 10.6 Å². The van der Waals surface area contributed by atoms with Crippen molar-refractivity contribution in [1.82, 2.24) is 9.78 Å². The first-order chi connectivity index (χ1) is 10.1. The Bertz CT molecular complexity index is 748. The van der Waals surface area contributed by atoms with Gasteiger partial charge in [-0.2, -0.15) is 5.10 Å². The number of alkyl halides is 2. The molecule has 0 atom stereocenters. The molecule has 0 spiro atoms. The zero-order valence-electron chi connectivity index (χ0n) is 10.8. The smallest absolute Gasteiger partial charge is 0.265 e. The van der Waals surface area contributed by atoms with E-state index in [4.69, 9.17) is 0 Å². The summed E-state index contributed by atoms with van der Waals surface area (Å²) >= 11 is 1.38. The molecule has 21 heavy (non-hydrogen) atoms. The van der Waals surface area contributed by atoms with E-state index in [1.165, 1.54) is 23.7 Å². The molecule has 3 rings (SSSR count). The van der Waals surface area contributed by atoms with Crippen LogP contribution in [0.4, 0.5) is 14.5 Å². The number of carbonyl (C=O) groups excluding carboxylic acids is 1. The fourth-order valence-electron chi connectivity index (χ4n) is 1.96. The molecule has 0 radical (unpaired) electrons. The quantitative estimate of drug-likeness (QED) is 0.800.